The van der Waals surface area contributed by atoms with Crippen LogP contribution in [-0.2, 0) is 28.7 Å². The number of rotatable bonds is 12. The van der Waals surface area contributed by atoms with Crippen LogP contribution in [0.5, 0.6) is 11.5 Å². The minimum absolute atomic E-state index is 0.00609. The summed E-state index contributed by atoms with van der Waals surface area (Å²) < 4.78 is 81.4. The number of amides is 1. The van der Waals surface area contributed by atoms with Crippen molar-refractivity contribution in [2.24, 2.45) is 11.8 Å². The number of piperidine rings is 2. The average molecular weight is 1110 g/mol. The highest BCUT2D eigenvalue weighted by Crippen LogP contribution is 2.40. The standard InChI is InChI=1S/C32H37F2N7O3.C27H29F2N7O/c1-31(2,3)44-30(42)40-12-9-19(10-13-40)18-43-21-6-7-25(35-16-21)37-29-36-17-23(34)27(39-29)20-14-22(33)28-24(15-20)41-26(38-28)8-11-32(41,4)5;1-27(2)8-5-23-34-25-19(28)11-17(12-21(25)36(23)27)24-20(29)14-32-26(35-24)33-22-4-3-18(13-31-22)37-15-16-6-9-30-10-7-16/h6-7,14-17,19H,8-13,18H2,1-5H3,(H,35,36,37,39);3-4,11-14,16,30H,5-10,15H2,1-2H3,(H,31,32,33,35). The number of carbonyl (C=O) groups excluding carboxylic acids is 1. The zero-order valence-corrected chi connectivity index (χ0v) is 46.5. The molecule has 424 valence electrons. The van der Waals surface area contributed by atoms with Gasteiger partial charge in [0, 0.05) is 48.1 Å². The van der Waals surface area contributed by atoms with Crippen LogP contribution in [0.2, 0.25) is 0 Å². The number of pyridine rings is 2. The van der Waals surface area contributed by atoms with Gasteiger partial charge in [0.05, 0.1) is 49.0 Å². The Morgan fingerprint density at radius 1 is 0.617 bits per heavy atom. The number of benzene rings is 2. The predicted octanol–water partition coefficient (Wildman–Crippen LogP) is 11.6. The topological polar surface area (TPSA) is 197 Å². The highest BCUT2D eigenvalue weighted by Gasteiger charge is 2.35. The van der Waals surface area contributed by atoms with Gasteiger partial charge in [0.15, 0.2) is 23.3 Å². The fraction of sp³-hybridized carbons (Fsp3) is 0.441. The third kappa shape index (κ3) is 12.1. The molecule has 0 bridgehead atoms. The molecule has 0 radical (unpaired) electrons. The van der Waals surface area contributed by atoms with Gasteiger partial charge in [0.2, 0.25) is 11.9 Å². The zero-order chi connectivity index (χ0) is 56.8. The lowest BCUT2D eigenvalue weighted by atomic mass is 9.98. The van der Waals surface area contributed by atoms with Gasteiger partial charge in [0.25, 0.3) is 0 Å². The minimum atomic E-state index is -0.664. The van der Waals surface area contributed by atoms with Gasteiger partial charge < -0.3 is 44.2 Å². The van der Waals surface area contributed by atoms with E-state index in [1.54, 1.807) is 47.6 Å². The number of ether oxygens (including phenoxy) is 3. The molecule has 18 nitrogen and oxygen atoms in total. The number of carbonyl (C=O) groups is 1. The summed E-state index contributed by atoms with van der Waals surface area (Å²) in [4.78, 5) is 48.6. The number of nitrogens with zero attached hydrogens (tertiary/aromatic N) is 11. The van der Waals surface area contributed by atoms with E-state index in [2.05, 4.69) is 83.5 Å². The van der Waals surface area contributed by atoms with Crippen molar-refractivity contribution in [1.82, 2.24) is 59.2 Å². The minimum Gasteiger partial charge on any atom is -0.492 e. The van der Waals surface area contributed by atoms with Crippen molar-refractivity contribution < 1.29 is 36.6 Å². The monoisotopic (exact) mass is 1110 g/mol. The Morgan fingerprint density at radius 2 is 1.07 bits per heavy atom. The Morgan fingerprint density at radius 3 is 1.51 bits per heavy atom. The molecule has 0 saturated carbocycles. The molecule has 0 aliphatic carbocycles. The molecule has 22 heteroatoms. The van der Waals surface area contributed by atoms with E-state index in [1.807, 2.05) is 36.0 Å². The second-order valence-electron chi connectivity index (χ2n) is 23.5. The van der Waals surface area contributed by atoms with E-state index in [1.165, 1.54) is 12.1 Å². The molecule has 3 N–H and O–H groups in total. The first kappa shape index (κ1) is 54.9. The molecule has 2 saturated heterocycles. The number of halogens is 4. The van der Waals surface area contributed by atoms with Crippen molar-refractivity contribution in [3.8, 4) is 34.0 Å². The van der Waals surface area contributed by atoms with E-state index in [-0.39, 0.29) is 46.0 Å². The highest BCUT2D eigenvalue weighted by atomic mass is 19.1. The van der Waals surface area contributed by atoms with E-state index in [9.17, 15) is 13.6 Å². The van der Waals surface area contributed by atoms with E-state index < -0.39 is 28.9 Å². The van der Waals surface area contributed by atoms with Crippen molar-refractivity contribution >= 4 is 51.7 Å². The summed E-state index contributed by atoms with van der Waals surface area (Å²) in [7, 11) is 0. The maximum absolute atomic E-state index is 15.1. The zero-order valence-electron chi connectivity index (χ0n) is 46.5. The van der Waals surface area contributed by atoms with Crippen LogP contribution in [0.4, 0.5) is 45.9 Å². The third-order valence-electron chi connectivity index (χ3n) is 15.4. The summed E-state index contributed by atoms with van der Waals surface area (Å²) in [6.45, 7) is 18.4. The number of fused-ring (bicyclic) bond motifs is 6. The highest BCUT2D eigenvalue weighted by molar-refractivity contribution is 5.85. The van der Waals surface area contributed by atoms with Crippen LogP contribution in [0.1, 0.15) is 98.6 Å². The first-order chi connectivity index (χ1) is 38.7. The van der Waals surface area contributed by atoms with Crippen molar-refractivity contribution in [3.63, 3.8) is 0 Å². The van der Waals surface area contributed by atoms with Crippen molar-refractivity contribution in [2.45, 2.75) is 117 Å². The summed E-state index contributed by atoms with van der Waals surface area (Å²) in [6.07, 6.45) is 12.3. The average Bonchev–Trinajstić information content (AvgIpc) is 4.30. The molecule has 10 heterocycles. The quantitative estimate of drug-likeness (QED) is 0.0976. The molecule has 0 unspecified atom stereocenters. The first-order valence-electron chi connectivity index (χ1n) is 27.6. The lowest BCUT2D eigenvalue weighted by molar-refractivity contribution is 0.0164. The molecule has 4 aliphatic rings. The van der Waals surface area contributed by atoms with E-state index >= 15 is 8.78 Å². The Hall–Kier alpha value is -8.01. The number of aromatic nitrogens is 10. The lowest BCUT2D eigenvalue weighted by Crippen LogP contribution is -2.42. The maximum atomic E-state index is 15.1. The number of hydrogen-bond donors (Lipinski definition) is 3. The lowest BCUT2D eigenvalue weighted by Gasteiger charge is -2.33. The first-order valence-corrected chi connectivity index (χ1v) is 27.6. The van der Waals surface area contributed by atoms with Crippen LogP contribution in [0, 0.1) is 35.1 Å². The molecule has 8 aromatic rings. The van der Waals surface area contributed by atoms with Gasteiger partial charge in [-0.15, -0.1) is 0 Å². The SMILES string of the molecule is CC(C)(C)OC(=O)N1CCC(COc2ccc(Nc3ncc(F)c(-c4cc(F)c5nc6n(c5c4)C(C)(C)CC6)n3)nc2)CC1.CC1(C)CCc2nc3c(F)cc(-c4nc(Nc5ccc(OCC6CCNCC6)cn5)ncc4F)cc3n21. The van der Waals surface area contributed by atoms with Crippen LogP contribution >= 0.6 is 0 Å². The van der Waals surface area contributed by atoms with Gasteiger partial charge in [-0.25, -0.2) is 62.2 Å². The van der Waals surface area contributed by atoms with Gasteiger partial charge >= 0.3 is 6.09 Å². The fourth-order valence-electron chi connectivity index (χ4n) is 11.0. The van der Waals surface area contributed by atoms with Gasteiger partial charge in [-0.05, 0) is 160 Å². The molecule has 12 rings (SSSR count). The number of hydrogen-bond acceptors (Lipinski definition) is 15. The van der Waals surface area contributed by atoms with E-state index in [0.717, 1.165) is 88.5 Å². The summed E-state index contributed by atoms with van der Waals surface area (Å²) in [5.74, 6) is 2.71. The second-order valence-corrected chi connectivity index (χ2v) is 23.5. The molecule has 2 aromatic carbocycles. The molecular weight excluding hydrogens is 1040 g/mol. The summed E-state index contributed by atoms with van der Waals surface area (Å²) >= 11 is 0. The van der Waals surface area contributed by atoms with Crippen LogP contribution in [0.25, 0.3) is 44.6 Å². The molecule has 6 aromatic heterocycles. The Bertz CT molecular complexity index is 3610. The Kier molecular flexibility index (Phi) is 15.0. The number of nitrogens with one attached hydrogen (secondary N) is 3. The van der Waals surface area contributed by atoms with Gasteiger partial charge in [-0.1, -0.05) is 0 Å². The molecule has 81 heavy (non-hydrogen) atoms. The van der Waals surface area contributed by atoms with E-state index in [0.29, 0.717) is 89.0 Å². The van der Waals surface area contributed by atoms with Crippen molar-refractivity contribution in [3.05, 3.63) is 108 Å². The van der Waals surface area contributed by atoms with Crippen LogP contribution in [0.3, 0.4) is 0 Å². The number of aryl methyl sites for hydroxylation is 2. The normalized spacial score (nSPS) is 16.9. The summed E-state index contributed by atoms with van der Waals surface area (Å²) in [5.41, 5.74) is 1.53. The fourth-order valence-corrected chi connectivity index (χ4v) is 11.0. The molecule has 0 atom stereocenters. The Labute approximate surface area is 466 Å². The summed E-state index contributed by atoms with van der Waals surface area (Å²) in [5, 5.41) is 9.34. The van der Waals surface area contributed by atoms with Gasteiger partial charge in [-0.3, -0.25) is 0 Å². The predicted molar refractivity (Wildman–Crippen MR) is 299 cm³/mol. The van der Waals surface area contributed by atoms with Gasteiger partial charge in [-0.2, -0.15) is 0 Å². The number of likely N-dealkylation sites (tertiary alicyclic amines) is 1. The van der Waals surface area contributed by atoms with Crippen molar-refractivity contribution in [2.75, 3.05) is 50.0 Å². The van der Waals surface area contributed by atoms with Gasteiger partial charge in [0.1, 0.15) is 62.8 Å². The van der Waals surface area contributed by atoms with Crippen LogP contribution < -0.4 is 25.4 Å². The largest absolute Gasteiger partial charge is 0.492 e. The third-order valence-corrected chi connectivity index (χ3v) is 15.4. The van der Waals surface area contributed by atoms with Crippen molar-refractivity contribution in [1.29, 1.82) is 0 Å². The Balaban J connectivity index is 0.000000173. The smallest absolute Gasteiger partial charge is 0.410 e. The molecule has 1 amide bonds. The second kappa shape index (κ2) is 22.1. The molecule has 2 fully saturated rings. The van der Waals surface area contributed by atoms with Crippen LogP contribution in [0.15, 0.2) is 73.3 Å². The van der Waals surface area contributed by atoms with Crippen LogP contribution in [-0.4, -0.2) is 105 Å². The maximum Gasteiger partial charge on any atom is 0.410 e. The van der Waals surface area contributed by atoms with E-state index in [4.69, 9.17) is 14.2 Å². The molecule has 0 spiro atoms. The summed E-state index contributed by atoms with van der Waals surface area (Å²) in [6, 6.07) is 13.1. The number of imidazole rings is 2. The number of anilines is 4. The molecular formula is C59H66F4N14O4. The molecule has 4 aliphatic heterocycles.